The fourth-order valence-corrected chi connectivity index (χ4v) is 1.82. The van der Waals surface area contributed by atoms with E-state index < -0.39 is 18.1 Å². The lowest BCUT2D eigenvalue weighted by Crippen LogP contribution is -2.71. The van der Waals surface area contributed by atoms with Crippen LogP contribution >= 0.6 is 0 Å². The first kappa shape index (κ1) is 12.5. The highest BCUT2D eigenvalue weighted by molar-refractivity contribution is 5.94. The van der Waals surface area contributed by atoms with Gasteiger partial charge in [0, 0.05) is 6.54 Å². The molecular weight excluding hydrogens is 234 g/mol. The summed E-state index contributed by atoms with van der Waals surface area (Å²) < 4.78 is 0. The molecule has 6 nitrogen and oxygen atoms in total. The molecule has 0 bridgehead atoms. The highest BCUT2D eigenvalue weighted by atomic mass is 16.3. The van der Waals surface area contributed by atoms with Gasteiger partial charge in [0.1, 0.15) is 6.04 Å². The predicted molar refractivity (Wildman–Crippen MR) is 64.3 cm³/mol. The Labute approximate surface area is 104 Å². The van der Waals surface area contributed by atoms with Crippen molar-refractivity contribution in [1.29, 1.82) is 0 Å². The zero-order valence-electron chi connectivity index (χ0n) is 9.67. The number of rotatable bonds is 4. The zero-order chi connectivity index (χ0) is 13.1. The Bertz CT molecular complexity index is 449. The minimum Gasteiger partial charge on any atom is -0.378 e. The number of benzene rings is 1. The second-order valence-electron chi connectivity index (χ2n) is 4.15. The Balaban J connectivity index is 1.98. The third kappa shape index (κ3) is 2.34. The van der Waals surface area contributed by atoms with E-state index in [4.69, 9.17) is 5.73 Å². The Morgan fingerprint density at radius 3 is 2.67 bits per heavy atom. The van der Waals surface area contributed by atoms with Crippen LogP contribution in [0.25, 0.3) is 0 Å². The maximum Gasteiger partial charge on any atom is 0.254 e. The molecule has 3 atom stereocenters. The average Bonchev–Trinajstić information content (AvgIpc) is 2.41. The Kier molecular flexibility index (Phi) is 3.59. The van der Waals surface area contributed by atoms with E-state index >= 15 is 0 Å². The van der Waals surface area contributed by atoms with Crippen molar-refractivity contribution in [3.05, 3.63) is 35.9 Å². The van der Waals surface area contributed by atoms with E-state index in [1.807, 2.05) is 0 Å². The van der Waals surface area contributed by atoms with Crippen LogP contribution in [0.2, 0.25) is 0 Å². The van der Waals surface area contributed by atoms with Crippen LogP contribution in [-0.2, 0) is 9.59 Å². The molecule has 0 aromatic heterocycles. The molecule has 0 saturated carbocycles. The van der Waals surface area contributed by atoms with Crippen LogP contribution in [0.3, 0.4) is 0 Å². The summed E-state index contributed by atoms with van der Waals surface area (Å²) >= 11 is 0. The fraction of sp³-hybridized carbons (Fsp3) is 0.333. The van der Waals surface area contributed by atoms with Crippen LogP contribution in [0.5, 0.6) is 0 Å². The number of carbonyl (C=O) groups excluding carboxylic acids is 2. The Hall–Kier alpha value is -1.92. The van der Waals surface area contributed by atoms with Crippen LogP contribution in [0.1, 0.15) is 11.7 Å². The number of aliphatic hydroxyl groups is 1. The van der Waals surface area contributed by atoms with Gasteiger partial charge in [0.15, 0.2) is 6.10 Å². The summed E-state index contributed by atoms with van der Waals surface area (Å²) in [5, 5.41) is 14.9. The number of nitrogens with two attached hydrogens (primary N) is 1. The van der Waals surface area contributed by atoms with Gasteiger partial charge >= 0.3 is 0 Å². The summed E-state index contributed by atoms with van der Waals surface area (Å²) in [6, 6.07) is 7.62. The summed E-state index contributed by atoms with van der Waals surface area (Å²) in [6.45, 7) is 0.248. The Morgan fingerprint density at radius 1 is 1.44 bits per heavy atom. The summed E-state index contributed by atoms with van der Waals surface area (Å²) in [6.07, 6.45) is -1.28. The number of aliphatic hydroxyl groups excluding tert-OH is 1. The van der Waals surface area contributed by atoms with Gasteiger partial charge in [-0.1, -0.05) is 30.3 Å². The summed E-state index contributed by atoms with van der Waals surface area (Å²) in [7, 11) is 0. The molecule has 18 heavy (non-hydrogen) atoms. The average molecular weight is 249 g/mol. The van der Waals surface area contributed by atoms with Crippen molar-refractivity contribution in [2.45, 2.75) is 18.2 Å². The molecule has 0 spiro atoms. The SMILES string of the molecule is NC[C@H]1NC(=O)[C@H]1NC(=O)C(O)c1ccccc1. The molecule has 5 N–H and O–H groups in total. The van der Waals surface area contributed by atoms with E-state index in [0.29, 0.717) is 5.56 Å². The number of amides is 2. The van der Waals surface area contributed by atoms with Gasteiger partial charge < -0.3 is 21.5 Å². The van der Waals surface area contributed by atoms with Gasteiger partial charge in [-0.3, -0.25) is 9.59 Å². The summed E-state index contributed by atoms with van der Waals surface area (Å²) in [5.74, 6) is -0.876. The van der Waals surface area contributed by atoms with Crippen molar-refractivity contribution < 1.29 is 14.7 Å². The molecule has 1 aliphatic heterocycles. The van der Waals surface area contributed by atoms with E-state index in [1.54, 1.807) is 30.3 Å². The second-order valence-corrected chi connectivity index (χ2v) is 4.15. The first-order valence-electron chi connectivity index (χ1n) is 5.67. The molecule has 1 aliphatic rings. The monoisotopic (exact) mass is 249 g/mol. The van der Waals surface area contributed by atoms with Crippen molar-refractivity contribution in [3.8, 4) is 0 Å². The van der Waals surface area contributed by atoms with Gasteiger partial charge in [0.25, 0.3) is 5.91 Å². The number of hydrogen-bond donors (Lipinski definition) is 4. The van der Waals surface area contributed by atoms with Crippen molar-refractivity contribution in [2.75, 3.05) is 6.54 Å². The zero-order valence-corrected chi connectivity index (χ0v) is 9.67. The Morgan fingerprint density at radius 2 is 2.11 bits per heavy atom. The fourth-order valence-electron chi connectivity index (χ4n) is 1.82. The van der Waals surface area contributed by atoms with Crippen LogP contribution in [0.4, 0.5) is 0 Å². The summed E-state index contributed by atoms with van der Waals surface area (Å²) in [5.41, 5.74) is 5.91. The number of hydrogen-bond acceptors (Lipinski definition) is 4. The van der Waals surface area contributed by atoms with Gasteiger partial charge in [0.2, 0.25) is 5.91 Å². The number of nitrogens with one attached hydrogen (secondary N) is 2. The molecule has 1 aromatic rings. The maximum atomic E-state index is 11.8. The van der Waals surface area contributed by atoms with Gasteiger partial charge in [-0.2, -0.15) is 0 Å². The van der Waals surface area contributed by atoms with Gasteiger partial charge in [-0.05, 0) is 5.56 Å². The summed E-state index contributed by atoms with van der Waals surface area (Å²) in [4.78, 5) is 23.0. The lowest BCUT2D eigenvalue weighted by atomic mass is 9.98. The number of β-lactam (4-membered cyclic amide) rings is 1. The topological polar surface area (TPSA) is 104 Å². The first-order chi connectivity index (χ1) is 8.63. The van der Waals surface area contributed by atoms with Crippen LogP contribution in [-0.4, -0.2) is 35.5 Å². The van der Waals surface area contributed by atoms with Gasteiger partial charge in [-0.15, -0.1) is 0 Å². The third-order valence-electron chi connectivity index (χ3n) is 2.93. The van der Waals surface area contributed by atoms with E-state index in [1.165, 1.54) is 0 Å². The molecule has 6 heteroatoms. The van der Waals surface area contributed by atoms with Crippen molar-refractivity contribution in [2.24, 2.45) is 5.73 Å². The smallest absolute Gasteiger partial charge is 0.254 e. The highest BCUT2D eigenvalue weighted by Crippen LogP contribution is 2.13. The standard InChI is InChI=1S/C12H15N3O3/c13-6-8-9(11(17)14-8)15-12(18)10(16)7-4-2-1-3-5-7/h1-5,8-10,16H,6,13H2,(H,14,17)(H,15,18)/t8-,9+,10?/m1/s1. The van der Waals surface area contributed by atoms with E-state index in [9.17, 15) is 14.7 Å². The maximum absolute atomic E-state index is 11.8. The van der Waals surface area contributed by atoms with E-state index in [0.717, 1.165) is 0 Å². The van der Waals surface area contributed by atoms with E-state index in [-0.39, 0.29) is 18.5 Å². The molecule has 2 amide bonds. The molecule has 0 radical (unpaired) electrons. The molecule has 1 fully saturated rings. The lowest BCUT2D eigenvalue weighted by Gasteiger charge is -2.36. The molecule has 1 saturated heterocycles. The van der Waals surface area contributed by atoms with Gasteiger partial charge in [0.05, 0.1) is 6.04 Å². The van der Waals surface area contributed by atoms with E-state index in [2.05, 4.69) is 10.6 Å². The largest absolute Gasteiger partial charge is 0.378 e. The first-order valence-corrected chi connectivity index (χ1v) is 5.67. The second kappa shape index (κ2) is 5.16. The van der Waals surface area contributed by atoms with Crippen molar-refractivity contribution >= 4 is 11.8 Å². The molecule has 2 rings (SSSR count). The lowest BCUT2D eigenvalue weighted by molar-refractivity contribution is -0.139. The van der Waals surface area contributed by atoms with Crippen molar-refractivity contribution in [1.82, 2.24) is 10.6 Å². The van der Waals surface area contributed by atoms with Crippen LogP contribution < -0.4 is 16.4 Å². The minimum atomic E-state index is -1.28. The van der Waals surface area contributed by atoms with Crippen LogP contribution in [0, 0.1) is 0 Å². The number of carbonyl (C=O) groups is 2. The van der Waals surface area contributed by atoms with Gasteiger partial charge in [-0.25, -0.2) is 0 Å². The predicted octanol–water partition coefficient (Wildman–Crippen LogP) is -1.34. The minimum absolute atomic E-state index is 0.248. The normalized spacial score (nSPS) is 23.8. The third-order valence-corrected chi connectivity index (χ3v) is 2.93. The molecule has 1 aromatic carbocycles. The molecule has 96 valence electrons. The quantitative estimate of drug-likeness (QED) is 0.496. The molecule has 1 heterocycles. The highest BCUT2D eigenvalue weighted by Gasteiger charge is 2.40. The molecule has 1 unspecified atom stereocenters. The van der Waals surface area contributed by atoms with Crippen LogP contribution in [0.15, 0.2) is 30.3 Å². The molecular formula is C12H15N3O3. The molecule has 0 aliphatic carbocycles. The van der Waals surface area contributed by atoms with Crippen molar-refractivity contribution in [3.63, 3.8) is 0 Å².